The Hall–Kier alpha value is -0.990. The van der Waals surface area contributed by atoms with Gasteiger partial charge in [0.25, 0.3) is 0 Å². The van der Waals surface area contributed by atoms with Crippen LogP contribution < -0.4 is 5.32 Å². The Morgan fingerprint density at radius 3 is 2.39 bits per heavy atom. The topological polar surface area (TPSA) is 67.9 Å². The minimum atomic E-state index is -3.38. The van der Waals surface area contributed by atoms with Gasteiger partial charge in [-0.05, 0) is 38.5 Å². The van der Waals surface area contributed by atoms with Gasteiger partial charge in [-0.2, -0.15) is 0 Å². The molecule has 2 atom stereocenters. The zero-order valence-corrected chi connectivity index (χ0v) is 15.2. The number of ether oxygens (including phenoxy) is 2. The summed E-state index contributed by atoms with van der Waals surface area (Å²) in [6.45, 7) is 7.10. The van der Waals surface area contributed by atoms with Gasteiger partial charge in [-0.1, -0.05) is 12.1 Å². The highest BCUT2D eigenvalue weighted by Gasteiger charge is 2.32. The van der Waals surface area contributed by atoms with Gasteiger partial charge in [0.05, 0.1) is 17.6 Å². The van der Waals surface area contributed by atoms with Crippen molar-refractivity contribution in [1.82, 2.24) is 9.62 Å². The lowest BCUT2D eigenvalue weighted by Crippen LogP contribution is -2.32. The predicted molar refractivity (Wildman–Crippen MR) is 88.6 cm³/mol. The maximum Gasteiger partial charge on any atom is 0.242 e. The average Bonchev–Trinajstić information content (AvgIpc) is 2.84. The van der Waals surface area contributed by atoms with Crippen molar-refractivity contribution in [2.45, 2.75) is 43.6 Å². The van der Waals surface area contributed by atoms with E-state index in [4.69, 9.17) is 9.47 Å². The molecule has 7 heteroatoms. The van der Waals surface area contributed by atoms with E-state index >= 15 is 0 Å². The molecule has 0 saturated carbocycles. The zero-order chi connectivity index (χ0) is 17.3. The number of rotatable bonds is 6. The van der Waals surface area contributed by atoms with Crippen molar-refractivity contribution in [3.05, 3.63) is 29.8 Å². The number of sulfonamides is 1. The fourth-order valence-electron chi connectivity index (χ4n) is 2.43. The summed E-state index contributed by atoms with van der Waals surface area (Å²) in [6, 6.07) is 7.05. The van der Waals surface area contributed by atoms with Crippen LogP contribution in [-0.4, -0.2) is 51.9 Å². The molecule has 1 saturated heterocycles. The Labute approximate surface area is 138 Å². The molecule has 0 bridgehead atoms. The lowest BCUT2D eigenvalue weighted by atomic mass is 10.1. The van der Waals surface area contributed by atoms with Gasteiger partial charge in [-0.3, -0.25) is 0 Å². The van der Waals surface area contributed by atoms with E-state index in [2.05, 4.69) is 5.32 Å². The molecule has 0 spiro atoms. The summed E-state index contributed by atoms with van der Waals surface area (Å²) in [5.74, 6) is -0.516. The number of hydrogen-bond acceptors (Lipinski definition) is 5. The van der Waals surface area contributed by atoms with E-state index in [1.54, 1.807) is 12.1 Å². The van der Waals surface area contributed by atoms with Crippen molar-refractivity contribution in [2.75, 3.05) is 27.2 Å². The molecule has 1 heterocycles. The van der Waals surface area contributed by atoms with Gasteiger partial charge >= 0.3 is 0 Å². The highest BCUT2D eigenvalue weighted by molar-refractivity contribution is 7.89. The van der Waals surface area contributed by atoms with Gasteiger partial charge in [0.2, 0.25) is 10.0 Å². The molecular formula is C16H26N2O4S. The van der Waals surface area contributed by atoms with Crippen LogP contribution in [0.3, 0.4) is 0 Å². The second-order valence-electron chi connectivity index (χ2n) is 6.44. The first kappa shape index (κ1) is 18.4. The Balaban J connectivity index is 1.94. The minimum Gasteiger partial charge on any atom is -0.348 e. The number of nitrogens with zero attached hydrogens (tertiary/aromatic N) is 1. The van der Waals surface area contributed by atoms with E-state index in [0.717, 1.165) is 5.56 Å². The van der Waals surface area contributed by atoms with Crippen LogP contribution in [0.25, 0.3) is 0 Å². The zero-order valence-electron chi connectivity index (χ0n) is 14.4. The largest absolute Gasteiger partial charge is 0.348 e. The van der Waals surface area contributed by atoms with Crippen LogP contribution in [0.5, 0.6) is 0 Å². The van der Waals surface area contributed by atoms with Crippen LogP contribution in [0.2, 0.25) is 0 Å². The molecule has 0 aromatic heterocycles. The summed E-state index contributed by atoms with van der Waals surface area (Å²) in [5.41, 5.74) is 1.03. The Morgan fingerprint density at radius 2 is 1.91 bits per heavy atom. The van der Waals surface area contributed by atoms with E-state index in [1.807, 2.05) is 32.9 Å². The van der Waals surface area contributed by atoms with E-state index < -0.39 is 15.8 Å². The van der Waals surface area contributed by atoms with Gasteiger partial charge in [0, 0.05) is 26.7 Å². The van der Waals surface area contributed by atoms with Crippen molar-refractivity contribution in [3.63, 3.8) is 0 Å². The van der Waals surface area contributed by atoms with Crippen molar-refractivity contribution in [3.8, 4) is 0 Å². The summed E-state index contributed by atoms with van der Waals surface area (Å²) < 4.78 is 36.6. The summed E-state index contributed by atoms with van der Waals surface area (Å²) in [4.78, 5) is 0.299. The monoisotopic (exact) mass is 342 g/mol. The van der Waals surface area contributed by atoms with Crippen molar-refractivity contribution in [1.29, 1.82) is 0 Å². The van der Waals surface area contributed by atoms with Gasteiger partial charge < -0.3 is 14.8 Å². The van der Waals surface area contributed by atoms with E-state index in [-0.39, 0.29) is 12.1 Å². The van der Waals surface area contributed by atoms with E-state index in [1.165, 1.54) is 18.4 Å². The highest BCUT2D eigenvalue weighted by Crippen LogP contribution is 2.23. The standard InChI is InChI=1S/C16H26N2O4S/c1-12(17-10-14-11-21-16(2,3)22-14)13-6-8-15(9-7-13)23(19,20)18(4)5/h6-9,12,14,17H,10-11H2,1-5H3. The Bertz CT molecular complexity index is 626. The maximum absolute atomic E-state index is 12.1. The van der Waals surface area contributed by atoms with Crippen molar-refractivity contribution in [2.24, 2.45) is 0 Å². The first-order valence-electron chi connectivity index (χ1n) is 7.69. The summed E-state index contributed by atoms with van der Waals surface area (Å²) in [5, 5.41) is 3.39. The first-order valence-corrected chi connectivity index (χ1v) is 9.13. The van der Waals surface area contributed by atoms with Crippen LogP contribution >= 0.6 is 0 Å². The molecular weight excluding hydrogens is 316 g/mol. The third-order valence-electron chi connectivity index (χ3n) is 3.88. The predicted octanol–water partition coefficient (Wildman–Crippen LogP) is 1.74. The average molecular weight is 342 g/mol. The minimum absolute atomic E-state index is 0.0286. The van der Waals surface area contributed by atoms with Gasteiger partial charge in [0.15, 0.2) is 5.79 Å². The van der Waals surface area contributed by atoms with Crippen LogP contribution in [-0.2, 0) is 19.5 Å². The lowest BCUT2D eigenvalue weighted by Gasteiger charge is -2.20. The smallest absolute Gasteiger partial charge is 0.242 e. The Kier molecular flexibility index (Phi) is 5.48. The second-order valence-corrected chi connectivity index (χ2v) is 8.59. The molecule has 1 fully saturated rings. The SMILES string of the molecule is CC(NCC1COC(C)(C)O1)c1ccc(S(=O)(=O)N(C)C)cc1. The molecule has 1 aromatic carbocycles. The van der Waals surface area contributed by atoms with E-state index in [0.29, 0.717) is 18.0 Å². The molecule has 23 heavy (non-hydrogen) atoms. The third-order valence-corrected chi connectivity index (χ3v) is 5.71. The molecule has 1 aliphatic heterocycles. The quantitative estimate of drug-likeness (QED) is 0.853. The lowest BCUT2D eigenvalue weighted by molar-refractivity contribution is -0.137. The molecule has 1 N–H and O–H groups in total. The highest BCUT2D eigenvalue weighted by atomic mass is 32.2. The summed E-state index contributed by atoms with van der Waals surface area (Å²) >= 11 is 0. The maximum atomic E-state index is 12.1. The molecule has 6 nitrogen and oxygen atoms in total. The number of hydrogen-bond donors (Lipinski definition) is 1. The van der Waals surface area contributed by atoms with Crippen molar-refractivity contribution >= 4 is 10.0 Å². The van der Waals surface area contributed by atoms with Gasteiger partial charge in [-0.25, -0.2) is 12.7 Å². The van der Waals surface area contributed by atoms with Crippen LogP contribution in [0.15, 0.2) is 29.2 Å². The summed E-state index contributed by atoms with van der Waals surface area (Å²) in [6.07, 6.45) is 0.0286. The third kappa shape index (κ3) is 4.51. The van der Waals surface area contributed by atoms with Crippen LogP contribution in [0.1, 0.15) is 32.4 Å². The fourth-order valence-corrected chi connectivity index (χ4v) is 3.33. The fraction of sp³-hybridized carbons (Fsp3) is 0.625. The molecule has 1 aromatic rings. The van der Waals surface area contributed by atoms with Crippen LogP contribution in [0, 0.1) is 0 Å². The number of nitrogens with one attached hydrogen (secondary N) is 1. The molecule has 2 rings (SSSR count). The molecule has 1 aliphatic rings. The second kappa shape index (κ2) is 6.86. The van der Waals surface area contributed by atoms with Gasteiger partial charge in [0.1, 0.15) is 0 Å². The Morgan fingerprint density at radius 1 is 1.30 bits per heavy atom. The normalized spacial score (nSPS) is 22.4. The van der Waals surface area contributed by atoms with Crippen molar-refractivity contribution < 1.29 is 17.9 Å². The molecule has 0 radical (unpaired) electrons. The summed E-state index contributed by atoms with van der Waals surface area (Å²) in [7, 11) is -0.329. The molecule has 0 amide bonds. The first-order chi connectivity index (χ1) is 10.6. The van der Waals surface area contributed by atoms with E-state index in [9.17, 15) is 8.42 Å². The van der Waals surface area contributed by atoms with Crippen LogP contribution in [0.4, 0.5) is 0 Å². The number of benzene rings is 1. The molecule has 130 valence electrons. The van der Waals surface area contributed by atoms with Gasteiger partial charge in [-0.15, -0.1) is 0 Å². The molecule has 2 unspecified atom stereocenters. The molecule has 0 aliphatic carbocycles.